The van der Waals surface area contributed by atoms with E-state index in [0.717, 1.165) is 23.0 Å². The zero-order chi connectivity index (χ0) is 19.2. The highest BCUT2D eigenvalue weighted by Gasteiger charge is 2.12. The summed E-state index contributed by atoms with van der Waals surface area (Å²) in [6.07, 6.45) is 0.822. The van der Waals surface area contributed by atoms with Crippen LogP contribution in [0.2, 0.25) is 0 Å². The molecule has 0 aliphatic rings. The zero-order valence-electron chi connectivity index (χ0n) is 15.4. The first-order valence-corrected chi connectivity index (χ1v) is 8.90. The monoisotopic (exact) mass is 366 g/mol. The number of carbonyl (C=O) groups is 2. The summed E-state index contributed by atoms with van der Waals surface area (Å²) in [7, 11) is 0. The van der Waals surface area contributed by atoms with Crippen molar-refractivity contribution in [2.45, 2.75) is 32.9 Å². The maximum atomic E-state index is 12.1. The summed E-state index contributed by atoms with van der Waals surface area (Å²) in [5, 5.41) is 11.0. The van der Waals surface area contributed by atoms with E-state index in [4.69, 9.17) is 4.74 Å². The molecule has 1 aromatic heterocycles. The summed E-state index contributed by atoms with van der Waals surface area (Å²) >= 11 is 0. The Morgan fingerprint density at radius 2 is 1.89 bits per heavy atom. The predicted molar refractivity (Wildman–Crippen MR) is 101 cm³/mol. The first-order valence-electron chi connectivity index (χ1n) is 8.90. The van der Waals surface area contributed by atoms with Gasteiger partial charge in [0.2, 0.25) is 0 Å². The van der Waals surface area contributed by atoms with Gasteiger partial charge in [-0.1, -0.05) is 36.4 Å². The number of carbonyl (C=O) groups excluding carboxylic acids is 2. The Labute approximate surface area is 157 Å². The van der Waals surface area contributed by atoms with E-state index in [0.29, 0.717) is 12.1 Å². The van der Waals surface area contributed by atoms with Gasteiger partial charge in [0.25, 0.3) is 5.91 Å². The number of hydrogen-bond donors (Lipinski definition) is 1. The fourth-order valence-electron chi connectivity index (χ4n) is 2.59. The van der Waals surface area contributed by atoms with Gasteiger partial charge < -0.3 is 10.1 Å². The SMILES string of the molecule is CC[C@@H](C)NC(=O)COC(=O)c1ccc(Cn2nnc3ccccc32)cc1. The first kappa shape index (κ1) is 18.6. The number of nitrogens with one attached hydrogen (secondary N) is 1. The van der Waals surface area contributed by atoms with Crippen molar-refractivity contribution in [1.82, 2.24) is 20.3 Å². The molecule has 0 saturated heterocycles. The average molecular weight is 366 g/mol. The van der Waals surface area contributed by atoms with Crippen LogP contribution < -0.4 is 5.32 Å². The van der Waals surface area contributed by atoms with Crippen LogP contribution in [-0.4, -0.2) is 39.5 Å². The number of esters is 1. The van der Waals surface area contributed by atoms with E-state index in [1.807, 2.05) is 54.9 Å². The molecule has 0 saturated carbocycles. The van der Waals surface area contributed by atoms with Crippen LogP contribution in [0, 0.1) is 0 Å². The van der Waals surface area contributed by atoms with Crippen molar-refractivity contribution >= 4 is 22.9 Å². The third-order valence-electron chi connectivity index (χ3n) is 4.30. The Hall–Kier alpha value is -3.22. The molecule has 0 aliphatic carbocycles. The molecule has 3 rings (SSSR count). The molecule has 0 unspecified atom stereocenters. The van der Waals surface area contributed by atoms with Crippen LogP contribution in [0.4, 0.5) is 0 Å². The van der Waals surface area contributed by atoms with Crippen molar-refractivity contribution < 1.29 is 14.3 Å². The molecular formula is C20H22N4O3. The molecule has 1 heterocycles. The average Bonchev–Trinajstić information content (AvgIpc) is 3.09. The molecular weight excluding hydrogens is 344 g/mol. The minimum Gasteiger partial charge on any atom is -0.452 e. The lowest BCUT2D eigenvalue weighted by atomic mass is 10.1. The molecule has 1 atom stereocenters. The molecule has 0 bridgehead atoms. The second-order valence-corrected chi connectivity index (χ2v) is 6.39. The number of rotatable bonds is 7. The van der Waals surface area contributed by atoms with E-state index in [1.165, 1.54) is 0 Å². The lowest BCUT2D eigenvalue weighted by molar-refractivity contribution is -0.124. The van der Waals surface area contributed by atoms with Crippen LogP contribution in [-0.2, 0) is 16.1 Å². The summed E-state index contributed by atoms with van der Waals surface area (Å²) in [6, 6.07) is 14.8. The number of amides is 1. The molecule has 0 fully saturated rings. The van der Waals surface area contributed by atoms with E-state index < -0.39 is 5.97 Å². The number of ether oxygens (including phenoxy) is 1. The molecule has 3 aromatic rings. The Bertz CT molecular complexity index is 934. The molecule has 7 nitrogen and oxygen atoms in total. The lowest BCUT2D eigenvalue weighted by Gasteiger charge is -2.11. The third-order valence-corrected chi connectivity index (χ3v) is 4.30. The van der Waals surface area contributed by atoms with Crippen molar-refractivity contribution in [3.63, 3.8) is 0 Å². The molecule has 7 heteroatoms. The van der Waals surface area contributed by atoms with Crippen molar-refractivity contribution in [3.8, 4) is 0 Å². The van der Waals surface area contributed by atoms with Gasteiger partial charge in [-0.3, -0.25) is 4.79 Å². The van der Waals surface area contributed by atoms with Crippen molar-refractivity contribution in [2.24, 2.45) is 0 Å². The molecule has 1 amide bonds. The number of benzene rings is 2. The van der Waals surface area contributed by atoms with E-state index in [9.17, 15) is 9.59 Å². The van der Waals surface area contributed by atoms with Crippen molar-refractivity contribution in [3.05, 3.63) is 59.7 Å². The van der Waals surface area contributed by atoms with E-state index in [-0.39, 0.29) is 18.6 Å². The Balaban J connectivity index is 1.58. The summed E-state index contributed by atoms with van der Waals surface area (Å²) in [4.78, 5) is 23.8. The first-order chi connectivity index (χ1) is 13.1. The largest absolute Gasteiger partial charge is 0.452 e. The van der Waals surface area contributed by atoms with E-state index >= 15 is 0 Å². The van der Waals surface area contributed by atoms with Gasteiger partial charge in [0.1, 0.15) is 5.52 Å². The molecule has 27 heavy (non-hydrogen) atoms. The van der Waals surface area contributed by atoms with Gasteiger partial charge in [0, 0.05) is 6.04 Å². The van der Waals surface area contributed by atoms with Crippen molar-refractivity contribution in [2.75, 3.05) is 6.61 Å². The molecule has 0 radical (unpaired) electrons. The highest BCUT2D eigenvalue weighted by Crippen LogP contribution is 2.13. The topological polar surface area (TPSA) is 86.1 Å². The van der Waals surface area contributed by atoms with Gasteiger partial charge >= 0.3 is 5.97 Å². The summed E-state index contributed by atoms with van der Waals surface area (Å²) in [6.45, 7) is 4.14. The maximum absolute atomic E-state index is 12.1. The summed E-state index contributed by atoms with van der Waals surface area (Å²) in [5.74, 6) is -0.820. The quantitative estimate of drug-likeness (QED) is 0.650. The van der Waals surface area contributed by atoms with Crippen LogP contribution in [0.1, 0.15) is 36.2 Å². The highest BCUT2D eigenvalue weighted by atomic mass is 16.5. The van der Waals surface area contributed by atoms with Crippen LogP contribution in [0.15, 0.2) is 48.5 Å². The normalized spacial score (nSPS) is 11.9. The minimum atomic E-state index is -0.521. The van der Waals surface area contributed by atoms with Crippen LogP contribution in [0.25, 0.3) is 11.0 Å². The third kappa shape index (κ3) is 4.69. The van der Waals surface area contributed by atoms with E-state index in [2.05, 4.69) is 15.6 Å². The standard InChI is InChI=1S/C20H22N4O3/c1-3-14(2)21-19(25)13-27-20(26)16-10-8-15(9-11-16)12-24-18-7-5-4-6-17(18)22-23-24/h4-11,14H,3,12-13H2,1-2H3,(H,21,25)/t14-/m1/s1. The number of nitrogens with zero attached hydrogens (tertiary/aromatic N) is 3. The Morgan fingerprint density at radius 1 is 1.15 bits per heavy atom. The smallest absolute Gasteiger partial charge is 0.338 e. The fraction of sp³-hybridized carbons (Fsp3) is 0.300. The molecule has 0 aliphatic heterocycles. The Kier molecular flexibility index (Phi) is 5.80. The number of fused-ring (bicyclic) bond motifs is 1. The van der Waals surface area contributed by atoms with Crippen LogP contribution in [0.5, 0.6) is 0 Å². The van der Waals surface area contributed by atoms with Gasteiger partial charge in [0.15, 0.2) is 6.61 Å². The van der Waals surface area contributed by atoms with Crippen LogP contribution >= 0.6 is 0 Å². The van der Waals surface area contributed by atoms with Gasteiger partial charge in [-0.2, -0.15) is 0 Å². The fourth-order valence-corrected chi connectivity index (χ4v) is 2.59. The highest BCUT2D eigenvalue weighted by molar-refractivity contribution is 5.91. The van der Waals surface area contributed by atoms with Crippen molar-refractivity contribution in [1.29, 1.82) is 0 Å². The second-order valence-electron chi connectivity index (χ2n) is 6.39. The van der Waals surface area contributed by atoms with Gasteiger partial charge in [-0.05, 0) is 43.2 Å². The van der Waals surface area contributed by atoms with E-state index in [1.54, 1.807) is 12.1 Å². The number of para-hydroxylation sites is 1. The van der Waals surface area contributed by atoms with Crippen LogP contribution in [0.3, 0.4) is 0 Å². The van der Waals surface area contributed by atoms with Gasteiger partial charge in [-0.15, -0.1) is 5.10 Å². The summed E-state index contributed by atoms with van der Waals surface area (Å²) in [5.41, 5.74) is 3.18. The van der Waals surface area contributed by atoms with Gasteiger partial charge in [0.05, 0.1) is 17.6 Å². The molecule has 0 spiro atoms. The summed E-state index contributed by atoms with van der Waals surface area (Å²) < 4.78 is 6.87. The number of aromatic nitrogens is 3. The molecule has 2 aromatic carbocycles. The molecule has 1 N–H and O–H groups in total. The minimum absolute atomic E-state index is 0.0587. The maximum Gasteiger partial charge on any atom is 0.338 e. The Morgan fingerprint density at radius 3 is 2.63 bits per heavy atom. The zero-order valence-corrected chi connectivity index (χ0v) is 15.4. The molecule has 140 valence electrons. The number of hydrogen-bond acceptors (Lipinski definition) is 5. The lowest BCUT2D eigenvalue weighted by Crippen LogP contribution is -2.35. The van der Waals surface area contributed by atoms with Gasteiger partial charge in [-0.25, -0.2) is 9.48 Å². The second kappa shape index (κ2) is 8.44. The predicted octanol–water partition coefficient (Wildman–Crippen LogP) is 2.55.